The highest BCUT2D eigenvalue weighted by molar-refractivity contribution is 9.09. The summed E-state index contributed by atoms with van der Waals surface area (Å²) < 4.78 is 0. The summed E-state index contributed by atoms with van der Waals surface area (Å²) >= 11 is 6.73. The molecule has 0 spiro atoms. The van der Waals surface area contributed by atoms with Crippen molar-refractivity contribution in [3.63, 3.8) is 0 Å². The second-order valence-electron chi connectivity index (χ2n) is 5.73. The van der Waals surface area contributed by atoms with E-state index in [2.05, 4.69) is 31.9 Å². The molecule has 0 saturated carbocycles. The first kappa shape index (κ1) is 16.3. The number of allylic oxidation sites excluding steroid dienone is 3. The molecule has 0 bridgehead atoms. The Hall–Kier alpha value is -1.60. The van der Waals surface area contributed by atoms with Gasteiger partial charge in [0.1, 0.15) is 17.3 Å². The van der Waals surface area contributed by atoms with Crippen molar-refractivity contribution in [3.8, 4) is 11.5 Å². The fourth-order valence-corrected chi connectivity index (χ4v) is 4.59. The van der Waals surface area contributed by atoms with Crippen molar-refractivity contribution in [3.05, 3.63) is 40.5 Å². The van der Waals surface area contributed by atoms with Gasteiger partial charge in [-0.2, -0.15) is 0 Å². The summed E-state index contributed by atoms with van der Waals surface area (Å²) in [5, 5.41) is 30.9. The van der Waals surface area contributed by atoms with Crippen LogP contribution in [0.2, 0.25) is 0 Å². The van der Waals surface area contributed by atoms with Crippen molar-refractivity contribution >= 4 is 49.2 Å². The van der Waals surface area contributed by atoms with Gasteiger partial charge in [0.2, 0.25) is 0 Å². The average molecular weight is 444 g/mol. The lowest BCUT2D eigenvalue weighted by molar-refractivity contribution is -0.116. The number of aromatic hydroxyl groups is 2. The molecular formula is C16H12Br2O5. The van der Waals surface area contributed by atoms with E-state index >= 15 is 0 Å². The predicted molar refractivity (Wildman–Crippen MR) is 91.4 cm³/mol. The van der Waals surface area contributed by atoms with Crippen molar-refractivity contribution in [2.75, 3.05) is 10.7 Å². The minimum Gasteiger partial charge on any atom is -0.508 e. The molecule has 0 aliphatic heterocycles. The number of rotatable bonds is 2. The molecule has 23 heavy (non-hydrogen) atoms. The largest absolute Gasteiger partial charge is 0.508 e. The lowest BCUT2D eigenvalue weighted by Gasteiger charge is -2.34. The topological polar surface area (TPSA) is 94.8 Å². The van der Waals surface area contributed by atoms with E-state index in [0.29, 0.717) is 10.7 Å². The van der Waals surface area contributed by atoms with Gasteiger partial charge in [-0.15, -0.1) is 0 Å². The third-order valence-electron chi connectivity index (χ3n) is 4.11. The van der Waals surface area contributed by atoms with E-state index in [0.717, 1.165) is 6.07 Å². The standard InChI is InChI=1S/C16H12Br2O5/c17-5-16(6-18)3-9-13(11(21)4-16)15(23)12-8(14(9)22)1-7(19)2-10(12)20/h1-3,19-20,23H,4-6H2. The van der Waals surface area contributed by atoms with Crippen molar-refractivity contribution < 1.29 is 24.9 Å². The van der Waals surface area contributed by atoms with Crippen molar-refractivity contribution in [1.29, 1.82) is 0 Å². The normalized spacial score (nSPS) is 19.3. The van der Waals surface area contributed by atoms with Crippen LogP contribution in [-0.2, 0) is 4.79 Å². The van der Waals surface area contributed by atoms with Gasteiger partial charge < -0.3 is 15.3 Å². The number of phenols is 2. The first-order valence-corrected chi connectivity index (χ1v) is 9.00. The van der Waals surface area contributed by atoms with Gasteiger partial charge in [-0.1, -0.05) is 37.9 Å². The SMILES string of the molecule is O=C1CC(CBr)(CBr)C=C2C(=O)c3cc(O)cc(O)c3C(O)=C12. The smallest absolute Gasteiger partial charge is 0.194 e. The van der Waals surface area contributed by atoms with Crippen LogP contribution in [0, 0.1) is 5.41 Å². The molecule has 2 aliphatic rings. The van der Waals surface area contributed by atoms with Crippen molar-refractivity contribution in [2.24, 2.45) is 5.41 Å². The van der Waals surface area contributed by atoms with Gasteiger partial charge >= 0.3 is 0 Å². The molecule has 0 saturated heterocycles. The van der Waals surface area contributed by atoms with Gasteiger partial charge in [0.05, 0.1) is 11.1 Å². The summed E-state index contributed by atoms with van der Waals surface area (Å²) in [5.41, 5.74) is -0.667. The summed E-state index contributed by atoms with van der Waals surface area (Å²) in [6.07, 6.45) is 1.81. The number of alkyl halides is 2. The molecule has 120 valence electrons. The molecular weight excluding hydrogens is 432 g/mol. The Morgan fingerprint density at radius 2 is 1.74 bits per heavy atom. The first-order chi connectivity index (χ1) is 10.8. The quantitative estimate of drug-likeness (QED) is 0.610. The van der Waals surface area contributed by atoms with Crippen LogP contribution in [0.25, 0.3) is 5.76 Å². The zero-order chi connectivity index (χ0) is 16.9. The number of carbonyl (C=O) groups is 2. The highest BCUT2D eigenvalue weighted by atomic mass is 79.9. The van der Waals surface area contributed by atoms with E-state index in [-0.39, 0.29) is 40.2 Å². The molecule has 1 aromatic carbocycles. The summed E-state index contributed by atoms with van der Waals surface area (Å²) in [5.74, 6) is -2.02. The number of aliphatic hydroxyl groups excluding tert-OH is 1. The van der Waals surface area contributed by atoms with Gasteiger partial charge in [-0.25, -0.2) is 0 Å². The molecule has 3 rings (SSSR count). The molecule has 7 heteroatoms. The van der Waals surface area contributed by atoms with E-state index in [1.54, 1.807) is 6.08 Å². The molecule has 0 radical (unpaired) electrons. The van der Waals surface area contributed by atoms with E-state index in [4.69, 9.17) is 0 Å². The lowest BCUT2D eigenvalue weighted by atomic mass is 9.71. The molecule has 2 aliphatic carbocycles. The number of carbonyl (C=O) groups excluding carboxylic acids is 2. The fraction of sp³-hybridized carbons (Fsp3) is 0.250. The van der Waals surface area contributed by atoms with Gasteiger partial charge in [-0.3, -0.25) is 9.59 Å². The second-order valence-corrected chi connectivity index (χ2v) is 6.85. The van der Waals surface area contributed by atoms with Crippen molar-refractivity contribution in [2.45, 2.75) is 6.42 Å². The van der Waals surface area contributed by atoms with Gasteiger partial charge in [-0.05, 0) is 6.07 Å². The van der Waals surface area contributed by atoms with Crippen molar-refractivity contribution in [1.82, 2.24) is 0 Å². The summed E-state index contributed by atoms with van der Waals surface area (Å²) in [6, 6.07) is 2.19. The van der Waals surface area contributed by atoms with Crippen LogP contribution in [0.3, 0.4) is 0 Å². The van der Waals surface area contributed by atoms with Crippen LogP contribution in [0.4, 0.5) is 0 Å². The Morgan fingerprint density at radius 3 is 2.35 bits per heavy atom. The summed E-state index contributed by atoms with van der Waals surface area (Å²) in [4.78, 5) is 25.3. The number of hydrogen-bond acceptors (Lipinski definition) is 5. The second kappa shape index (κ2) is 5.49. The van der Waals surface area contributed by atoms with Crippen LogP contribution < -0.4 is 0 Å². The number of hydrogen-bond donors (Lipinski definition) is 3. The maximum atomic E-state index is 12.7. The van der Waals surface area contributed by atoms with Gasteiger partial charge in [0.25, 0.3) is 0 Å². The predicted octanol–water partition coefficient (Wildman–Crippen LogP) is 3.24. The number of Topliss-reactive ketones (excluding diaryl/α,β-unsaturated/α-hetero) is 2. The van der Waals surface area contributed by atoms with E-state index in [1.807, 2.05) is 0 Å². The van der Waals surface area contributed by atoms with Crippen LogP contribution in [0.1, 0.15) is 22.3 Å². The molecule has 0 amide bonds. The molecule has 1 aromatic rings. The molecule has 0 unspecified atom stereocenters. The third kappa shape index (κ3) is 2.33. The van der Waals surface area contributed by atoms with E-state index in [9.17, 15) is 24.9 Å². The monoisotopic (exact) mass is 442 g/mol. The van der Waals surface area contributed by atoms with E-state index < -0.39 is 22.7 Å². The summed E-state index contributed by atoms with van der Waals surface area (Å²) in [6.45, 7) is 0. The molecule has 0 fully saturated rings. The van der Waals surface area contributed by atoms with Gasteiger partial charge in [0, 0.05) is 39.7 Å². The zero-order valence-electron chi connectivity index (χ0n) is 11.8. The average Bonchev–Trinajstić information content (AvgIpc) is 2.51. The third-order valence-corrected chi connectivity index (χ3v) is 6.34. The lowest BCUT2D eigenvalue weighted by Crippen LogP contribution is -2.35. The molecule has 0 aromatic heterocycles. The number of ketones is 2. The Balaban J connectivity index is 2.34. The highest BCUT2D eigenvalue weighted by Gasteiger charge is 2.43. The van der Waals surface area contributed by atoms with Crippen LogP contribution in [0.5, 0.6) is 11.5 Å². The number of halogens is 2. The molecule has 5 nitrogen and oxygen atoms in total. The Labute approximate surface area is 148 Å². The number of phenolic OH excluding ortho intramolecular Hbond substituents is 2. The minimum absolute atomic E-state index is 0.0252. The number of fused-ring (bicyclic) bond motifs is 2. The van der Waals surface area contributed by atoms with Crippen LogP contribution in [-0.4, -0.2) is 37.5 Å². The van der Waals surface area contributed by atoms with Crippen LogP contribution >= 0.6 is 31.9 Å². The van der Waals surface area contributed by atoms with Gasteiger partial charge in [0.15, 0.2) is 11.6 Å². The highest BCUT2D eigenvalue weighted by Crippen LogP contribution is 2.46. The Morgan fingerprint density at radius 1 is 1.09 bits per heavy atom. The number of benzene rings is 1. The maximum Gasteiger partial charge on any atom is 0.194 e. The fourth-order valence-electron chi connectivity index (χ4n) is 2.94. The van der Waals surface area contributed by atoms with Crippen LogP contribution in [0.15, 0.2) is 29.4 Å². The first-order valence-electron chi connectivity index (χ1n) is 6.76. The molecule has 0 atom stereocenters. The Bertz CT molecular complexity index is 803. The molecule has 3 N–H and O–H groups in total. The summed E-state index contributed by atoms with van der Waals surface area (Å²) in [7, 11) is 0. The van der Waals surface area contributed by atoms with E-state index in [1.165, 1.54) is 6.07 Å². The number of aliphatic hydroxyl groups is 1. The zero-order valence-corrected chi connectivity index (χ0v) is 14.9. The Kier molecular flexibility index (Phi) is 3.88. The minimum atomic E-state index is -0.567. The molecule has 0 heterocycles. The maximum absolute atomic E-state index is 12.7.